The number of rotatable bonds is 1. The molecule has 0 fully saturated rings. The summed E-state index contributed by atoms with van der Waals surface area (Å²) in [6, 6.07) is 0. The third-order valence-corrected chi connectivity index (χ3v) is 2.17. The Morgan fingerprint density at radius 3 is 3.12 bits per heavy atom. The van der Waals surface area contributed by atoms with Crippen molar-refractivity contribution in [3.8, 4) is 11.8 Å². The highest BCUT2D eigenvalue weighted by Crippen LogP contribution is 2.02. The maximum atomic E-state index is 7.13. The fraction of sp³-hybridized carbons (Fsp3) is 0.286. The second kappa shape index (κ2) is 7.42. The van der Waals surface area contributed by atoms with Crippen LogP contribution in [0.15, 0.2) is 41.1 Å². The van der Waals surface area contributed by atoms with E-state index in [1.54, 1.807) is 6.20 Å². The molecule has 1 N–H and O–H groups in total. The van der Waals surface area contributed by atoms with Gasteiger partial charge in [-0.3, -0.25) is 4.99 Å². The molecule has 1 heterocycles. The summed E-state index contributed by atoms with van der Waals surface area (Å²) in [5.74, 6) is 5.96. The minimum absolute atomic E-state index is 0.727. The molecule has 16 heavy (non-hydrogen) atoms. The molecule has 0 spiro atoms. The van der Waals surface area contributed by atoms with E-state index < -0.39 is 0 Å². The first-order chi connectivity index (χ1) is 7.86. The standard InChI is InChI=1S/C14H16N2/c1-2-13(12-15)9-10-14-8-6-4-3-5-7-11-16-14/h2-3,5,7,11-12,15H,4,6,8H2,1H3/b5-3-,11-7-,13-2+,15-12?,16-14+. The molecule has 1 aliphatic heterocycles. The quantitative estimate of drug-likeness (QED) is 0.511. The van der Waals surface area contributed by atoms with E-state index in [0.29, 0.717) is 0 Å². The van der Waals surface area contributed by atoms with Gasteiger partial charge in [0.2, 0.25) is 0 Å². The predicted octanol–water partition coefficient (Wildman–Crippen LogP) is 3.28. The summed E-state index contributed by atoms with van der Waals surface area (Å²) in [7, 11) is 0. The van der Waals surface area contributed by atoms with Crippen LogP contribution in [0, 0.1) is 17.3 Å². The lowest BCUT2D eigenvalue weighted by atomic mass is 10.1. The summed E-state index contributed by atoms with van der Waals surface area (Å²) in [5.41, 5.74) is 1.62. The molecule has 0 saturated carbocycles. The van der Waals surface area contributed by atoms with Gasteiger partial charge in [-0.15, -0.1) is 0 Å². The number of aliphatic imine (C=N–C) groups is 1. The molecule has 0 aliphatic carbocycles. The largest absolute Gasteiger partial charge is 0.307 e. The maximum absolute atomic E-state index is 7.13. The van der Waals surface area contributed by atoms with Gasteiger partial charge in [0.05, 0.1) is 5.71 Å². The van der Waals surface area contributed by atoms with Crippen LogP contribution in [0.25, 0.3) is 0 Å². The van der Waals surface area contributed by atoms with Gasteiger partial charge in [-0.2, -0.15) is 0 Å². The zero-order valence-corrected chi connectivity index (χ0v) is 9.53. The molecule has 0 aromatic heterocycles. The van der Waals surface area contributed by atoms with Crippen LogP contribution >= 0.6 is 0 Å². The molecular formula is C14H16N2. The highest BCUT2D eigenvalue weighted by atomic mass is 14.7. The van der Waals surface area contributed by atoms with Gasteiger partial charge in [0.15, 0.2) is 0 Å². The first kappa shape index (κ1) is 12.2. The lowest BCUT2D eigenvalue weighted by Crippen LogP contribution is -1.93. The van der Waals surface area contributed by atoms with Crippen LogP contribution < -0.4 is 0 Å². The van der Waals surface area contributed by atoms with E-state index in [9.17, 15) is 0 Å². The van der Waals surface area contributed by atoms with Crippen molar-refractivity contribution in [3.05, 3.63) is 36.1 Å². The van der Waals surface area contributed by atoms with Gasteiger partial charge in [0, 0.05) is 18.0 Å². The van der Waals surface area contributed by atoms with Crippen LogP contribution in [0.2, 0.25) is 0 Å². The molecule has 0 radical (unpaired) electrons. The molecule has 0 saturated heterocycles. The molecule has 2 nitrogen and oxygen atoms in total. The second-order valence-electron chi connectivity index (χ2n) is 3.38. The zero-order valence-electron chi connectivity index (χ0n) is 9.53. The Hall–Kier alpha value is -1.88. The average molecular weight is 212 g/mol. The normalized spacial score (nSPS) is 23.6. The lowest BCUT2D eigenvalue weighted by Gasteiger charge is -1.94. The summed E-state index contributed by atoms with van der Waals surface area (Å²) in [5, 5.41) is 7.13. The van der Waals surface area contributed by atoms with Gasteiger partial charge in [-0.1, -0.05) is 24.1 Å². The lowest BCUT2D eigenvalue weighted by molar-refractivity contribution is 0.898. The highest BCUT2D eigenvalue weighted by Gasteiger charge is 1.94. The molecular weight excluding hydrogens is 196 g/mol. The first-order valence-electron chi connectivity index (χ1n) is 5.44. The SMILES string of the molecule is C/C=C(\C#C/C1=N/C=C\C=C/CCC1)C=N. The Balaban J connectivity index is 2.78. The summed E-state index contributed by atoms with van der Waals surface area (Å²) < 4.78 is 0. The van der Waals surface area contributed by atoms with Gasteiger partial charge < -0.3 is 5.41 Å². The van der Waals surface area contributed by atoms with Crippen LogP contribution in [0.3, 0.4) is 0 Å². The van der Waals surface area contributed by atoms with Crippen molar-refractivity contribution in [2.75, 3.05) is 0 Å². The Morgan fingerprint density at radius 1 is 1.50 bits per heavy atom. The van der Waals surface area contributed by atoms with E-state index in [-0.39, 0.29) is 0 Å². The van der Waals surface area contributed by atoms with Gasteiger partial charge in [-0.05, 0) is 38.2 Å². The van der Waals surface area contributed by atoms with Gasteiger partial charge in [-0.25, -0.2) is 0 Å². The van der Waals surface area contributed by atoms with E-state index in [4.69, 9.17) is 5.41 Å². The van der Waals surface area contributed by atoms with Crippen LogP contribution in [-0.4, -0.2) is 11.9 Å². The van der Waals surface area contributed by atoms with Crippen LogP contribution in [-0.2, 0) is 0 Å². The number of nitrogens with zero attached hydrogens (tertiary/aromatic N) is 1. The number of allylic oxidation sites excluding steroid dienone is 5. The van der Waals surface area contributed by atoms with Crippen LogP contribution in [0.1, 0.15) is 26.2 Å². The third-order valence-electron chi connectivity index (χ3n) is 2.17. The van der Waals surface area contributed by atoms with E-state index in [0.717, 1.165) is 30.5 Å². The fourth-order valence-corrected chi connectivity index (χ4v) is 1.24. The van der Waals surface area contributed by atoms with Gasteiger partial charge in [0.25, 0.3) is 0 Å². The monoisotopic (exact) mass is 212 g/mol. The minimum atomic E-state index is 0.727. The van der Waals surface area contributed by atoms with E-state index in [1.807, 2.05) is 25.2 Å². The molecule has 0 atom stereocenters. The topological polar surface area (TPSA) is 36.2 Å². The Morgan fingerprint density at radius 2 is 2.38 bits per heavy atom. The van der Waals surface area contributed by atoms with Crippen molar-refractivity contribution in [2.45, 2.75) is 26.2 Å². The minimum Gasteiger partial charge on any atom is -0.307 e. The molecule has 0 amide bonds. The van der Waals surface area contributed by atoms with E-state index in [2.05, 4.69) is 22.9 Å². The van der Waals surface area contributed by atoms with Crippen LogP contribution in [0.4, 0.5) is 0 Å². The van der Waals surface area contributed by atoms with E-state index in [1.165, 1.54) is 6.21 Å². The molecule has 82 valence electrons. The van der Waals surface area contributed by atoms with Crippen molar-refractivity contribution in [2.24, 2.45) is 4.99 Å². The Labute approximate surface area is 97.0 Å². The van der Waals surface area contributed by atoms with E-state index >= 15 is 0 Å². The predicted molar refractivity (Wildman–Crippen MR) is 69.9 cm³/mol. The molecule has 1 rings (SSSR count). The molecule has 0 aromatic rings. The van der Waals surface area contributed by atoms with Crippen molar-refractivity contribution in [1.29, 1.82) is 5.41 Å². The molecule has 1 aliphatic rings. The van der Waals surface area contributed by atoms with Crippen LogP contribution in [0.5, 0.6) is 0 Å². The van der Waals surface area contributed by atoms with Crippen molar-refractivity contribution >= 4 is 11.9 Å². The summed E-state index contributed by atoms with van der Waals surface area (Å²) in [6.45, 7) is 1.88. The number of hydrogen-bond acceptors (Lipinski definition) is 2. The molecule has 0 aromatic carbocycles. The molecule has 0 unspecified atom stereocenters. The average Bonchev–Trinajstić information content (AvgIpc) is 2.44. The molecule has 2 heteroatoms. The number of hydrogen-bond donors (Lipinski definition) is 1. The van der Waals surface area contributed by atoms with Gasteiger partial charge >= 0.3 is 0 Å². The van der Waals surface area contributed by atoms with Gasteiger partial charge in [0.1, 0.15) is 0 Å². The first-order valence-corrected chi connectivity index (χ1v) is 5.44. The van der Waals surface area contributed by atoms with Crippen molar-refractivity contribution in [3.63, 3.8) is 0 Å². The summed E-state index contributed by atoms with van der Waals surface area (Å²) >= 11 is 0. The maximum Gasteiger partial charge on any atom is 0.0902 e. The van der Waals surface area contributed by atoms with Crippen molar-refractivity contribution in [1.82, 2.24) is 0 Å². The summed E-state index contributed by atoms with van der Waals surface area (Å²) in [4.78, 5) is 4.29. The Kier molecular flexibility index (Phi) is 5.65. The molecule has 0 bridgehead atoms. The number of nitrogens with one attached hydrogen (secondary N) is 1. The summed E-state index contributed by atoms with van der Waals surface area (Å²) in [6.07, 6.45) is 14.0. The third kappa shape index (κ3) is 4.56. The zero-order chi connectivity index (χ0) is 11.6. The second-order valence-corrected chi connectivity index (χ2v) is 3.38. The smallest absolute Gasteiger partial charge is 0.0902 e. The fourth-order valence-electron chi connectivity index (χ4n) is 1.24. The van der Waals surface area contributed by atoms with Crippen molar-refractivity contribution < 1.29 is 0 Å². The highest BCUT2D eigenvalue weighted by molar-refractivity contribution is 6.02. The Bertz CT molecular complexity index is 412.